The molecule has 0 spiro atoms. The van der Waals surface area contributed by atoms with E-state index in [1.165, 1.54) is 0 Å². The molecule has 0 fully saturated rings. The third kappa shape index (κ3) is 3.53. The normalized spacial score (nSPS) is 13.1. The maximum Gasteiger partial charge on any atom is 0.254 e. The topological polar surface area (TPSA) is 95.9 Å². The van der Waals surface area contributed by atoms with Crippen molar-refractivity contribution >= 4 is 11.8 Å². The highest BCUT2D eigenvalue weighted by molar-refractivity contribution is 6.04. The molecule has 4 rings (SSSR count). The molecule has 2 amide bonds. The first-order valence-electron chi connectivity index (χ1n) is 9.18. The number of aromatic amines is 1. The van der Waals surface area contributed by atoms with Crippen molar-refractivity contribution in [1.82, 2.24) is 30.0 Å². The Morgan fingerprint density at radius 1 is 1.32 bits per heavy atom. The van der Waals surface area contributed by atoms with Gasteiger partial charge in [0.1, 0.15) is 0 Å². The summed E-state index contributed by atoms with van der Waals surface area (Å²) in [6.45, 7) is 3.25. The zero-order valence-electron chi connectivity index (χ0n) is 15.9. The second-order valence-electron chi connectivity index (χ2n) is 7.06. The van der Waals surface area contributed by atoms with Crippen LogP contribution in [0.4, 0.5) is 0 Å². The van der Waals surface area contributed by atoms with Crippen molar-refractivity contribution in [2.45, 2.75) is 26.4 Å². The third-order valence-electron chi connectivity index (χ3n) is 4.87. The van der Waals surface area contributed by atoms with Gasteiger partial charge < -0.3 is 14.8 Å². The molecule has 28 heavy (non-hydrogen) atoms. The third-order valence-corrected chi connectivity index (χ3v) is 4.87. The number of aromatic nitrogens is 4. The summed E-state index contributed by atoms with van der Waals surface area (Å²) >= 11 is 0. The van der Waals surface area contributed by atoms with Crippen molar-refractivity contribution in [2.75, 3.05) is 6.54 Å². The number of fused-ring (bicyclic) bond motifs is 1. The van der Waals surface area contributed by atoms with E-state index in [-0.39, 0.29) is 11.8 Å². The van der Waals surface area contributed by atoms with E-state index >= 15 is 0 Å². The Hall–Kier alpha value is -3.42. The summed E-state index contributed by atoms with van der Waals surface area (Å²) in [5.41, 5.74) is 4.58. The summed E-state index contributed by atoms with van der Waals surface area (Å²) < 4.78 is 1.89. The van der Waals surface area contributed by atoms with Gasteiger partial charge in [0.2, 0.25) is 0 Å². The quantitative estimate of drug-likeness (QED) is 0.681. The minimum Gasteiger partial charge on any atom is -0.346 e. The summed E-state index contributed by atoms with van der Waals surface area (Å²) in [4.78, 5) is 31.5. The Morgan fingerprint density at radius 3 is 2.89 bits per heavy atom. The molecule has 8 heteroatoms. The molecule has 0 saturated carbocycles. The van der Waals surface area contributed by atoms with E-state index in [4.69, 9.17) is 0 Å². The lowest BCUT2D eigenvalue weighted by Crippen LogP contribution is -2.27. The number of carbonyl (C=O) groups is 2. The molecule has 0 aliphatic carbocycles. The van der Waals surface area contributed by atoms with Gasteiger partial charge in [-0.2, -0.15) is 5.10 Å². The second kappa shape index (κ2) is 7.30. The molecular weight excluding hydrogens is 356 g/mol. The van der Waals surface area contributed by atoms with E-state index in [1.54, 1.807) is 29.4 Å². The number of aryl methyl sites for hydroxylation is 2. The van der Waals surface area contributed by atoms with Gasteiger partial charge in [-0.15, -0.1) is 0 Å². The molecular formula is C20H22N6O2. The number of benzene rings is 1. The molecule has 0 bridgehead atoms. The van der Waals surface area contributed by atoms with E-state index < -0.39 is 0 Å². The van der Waals surface area contributed by atoms with Crippen LogP contribution in [0.3, 0.4) is 0 Å². The molecule has 144 valence electrons. The van der Waals surface area contributed by atoms with Crippen LogP contribution in [0.25, 0.3) is 0 Å². The number of hydrogen-bond acceptors (Lipinski definition) is 4. The molecule has 0 atom stereocenters. The molecule has 1 aliphatic rings. The number of hydrogen-bond donors (Lipinski definition) is 2. The Bertz CT molecular complexity index is 1040. The lowest BCUT2D eigenvalue weighted by molar-refractivity contribution is 0.0778. The maximum atomic E-state index is 12.7. The van der Waals surface area contributed by atoms with Gasteiger partial charge >= 0.3 is 0 Å². The highest BCUT2D eigenvalue weighted by Crippen LogP contribution is 2.26. The predicted molar refractivity (Wildman–Crippen MR) is 103 cm³/mol. The number of nitrogens with zero attached hydrogens (tertiary/aromatic N) is 4. The van der Waals surface area contributed by atoms with Gasteiger partial charge in [0.05, 0.1) is 24.3 Å². The van der Waals surface area contributed by atoms with Crippen LogP contribution in [0.1, 0.15) is 43.4 Å². The van der Waals surface area contributed by atoms with Crippen molar-refractivity contribution in [3.05, 3.63) is 70.6 Å². The summed E-state index contributed by atoms with van der Waals surface area (Å²) in [7, 11) is 1.92. The van der Waals surface area contributed by atoms with Crippen molar-refractivity contribution in [2.24, 2.45) is 7.05 Å². The minimum atomic E-state index is -0.197. The van der Waals surface area contributed by atoms with Crippen LogP contribution in [0.5, 0.6) is 0 Å². The molecule has 0 unspecified atom stereocenters. The van der Waals surface area contributed by atoms with Crippen molar-refractivity contribution < 1.29 is 9.59 Å². The van der Waals surface area contributed by atoms with E-state index in [2.05, 4.69) is 20.5 Å². The van der Waals surface area contributed by atoms with Gasteiger partial charge in [0.15, 0.2) is 0 Å². The highest BCUT2D eigenvalue weighted by Gasteiger charge is 2.30. The van der Waals surface area contributed by atoms with Crippen molar-refractivity contribution in [1.29, 1.82) is 0 Å². The Morgan fingerprint density at radius 2 is 2.18 bits per heavy atom. The summed E-state index contributed by atoms with van der Waals surface area (Å²) in [6.07, 6.45) is 4.38. The first-order valence-corrected chi connectivity index (χ1v) is 9.18. The molecule has 3 aromatic rings. The number of carbonyl (C=O) groups excluding carboxylic acids is 2. The van der Waals surface area contributed by atoms with Gasteiger partial charge in [-0.3, -0.25) is 14.7 Å². The monoisotopic (exact) mass is 378 g/mol. The SMILES string of the molecule is Cc1cc(CNC(=O)c2cccc3c2CN(CCc2cn(C)cn2)C3=O)n[nH]1. The second-order valence-corrected chi connectivity index (χ2v) is 7.06. The van der Waals surface area contributed by atoms with Crippen LogP contribution in [0, 0.1) is 6.92 Å². The van der Waals surface area contributed by atoms with E-state index in [9.17, 15) is 9.59 Å². The number of amides is 2. The Kier molecular flexibility index (Phi) is 4.68. The molecule has 1 aliphatic heterocycles. The lowest BCUT2D eigenvalue weighted by atomic mass is 10.0. The first-order chi connectivity index (χ1) is 13.5. The van der Waals surface area contributed by atoms with Gasteiger partial charge in [0.25, 0.3) is 11.8 Å². The molecule has 2 aromatic heterocycles. The fourth-order valence-corrected chi connectivity index (χ4v) is 3.46. The van der Waals surface area contributed by atoms with Gasteiger partial charge in [-0.1, -0.05) is 6.07 Å². The largest absolute Gasteiger partial charge is 0.346 e. The van der Waals surface area contributed by atoms with Gasteiger partial charge in [-0.25, -0.2) is 4.98 Å². The van der Waals surface area contributed by atoms with Crippen LogP contribution >= 0.6 is 0 Å². The first kappa shape index (κ1) is 18.0. The average Bonchev–Trinajstić information content (AvgIpc) is 3.37. The van der Waals surface area contributed by atoms with Crippen LogP contribution < -0.4 is 5.32 Å². The average molecular weight is 378 g/mol. The number of H-pyrrole nitrogens is 1. The fourth-order valence-electron chi connectivity index (χ4n) is 3.46. The zero-order valence-corrected chi connectivity index (χ0v) is 15.9. The minimum absolute atomic E-state index is 0.0384. The van der Waals surface area contributed by atoms with Crippen LogP contribution in [0.2, 0.25) is 0 Å². The van der Waals surface area contributed by atoms with Crippen LogP contribution in [0.15, 0.2) is 36.8 Å². The summed E-state index contributed by atoms with van der Waals surface area (Å²) in [5, 5.41) is 9.86. The summed E-state index contributed by atoms with van der Waals surface area (Å²) in [5.74, 6) is -0.236. The molecule has 3 heterocycles. The smallest absolute Gasteiger partial charge is 0.254 e. The van der Waals surface area contributed by atoms with E-state index in [0.29, 0.717) is 37.2 Å². The maximum absolute atomic E-state index is 12.7. The Labute approximate surface area is 162 Å². The van der Waals surface area contributed by atoms with Crippen molar-refractivity contribution in [3.8, 4) is 0 Å². The standard InChI is InChI=1S/C20H22N6O2/c1-13-8-15(24-23-13)9-21-19(27)16-4-3-5-17-18(16)11-26(20(17)28)7-6-14-10-25(2)12-22-14/h3-5,8,10,12H,6-7,9,11H2,1-2H3,(H,21,27)(H,23,24). The number of nitrogens with one attached hydrogen (secondary N) is 2. The van der Waals surface area contributed by atoms with E-state index in [1.807, 2.05) is 30.8 Å². The summed E-state index contributed by atoms with van der Waals surface area (Å²) in [6, 6.07) is 7.19. The van der Waals surface area contributed by atoms with Crippen LogP contribution in [-0.2, 0) is 26.6 Å². The van der Waals surface area contributed by atoms with Gasteiger partial charge in [-0.05, 0) is 30.7 Å². The lowest BCUT2D eigenvalue weighted by Gasteiger charge is -2.14. The van der Waals surface area contributed by atoms with Gasteiger partial charge in [0, 0.05) is 49.6 Å². The molecule has 2 N–H and O–H groups in total. The van der Waals surface area contributed by atoms with Crippen molar-refractivity contribution in [3.63, 3.8) is 0 Å². The molecule has 1 aromatic carbocycles. The molecule has 0 saturated heterocycles. The predicted octanol–water partition coefficient (Wildman–Crippen LogP) is 1.58. The Balaban J connectivity index is 1.45. The number of rotatable bonds is 6. The molecule has 8 nitrogen and oxygen atoms in total. The molecule has 0 radical (unpaired) electrons. The van der Waals surface area contributed by atoms with E-state index in [0.717, 1.165) is 22.6 Å². The number of imidazole rings is 1. The van der Waals surface area contributed by atoms with Crippen LogP contribution in [-0.4, -0.2) is 43.0 Å². The fraction of sp³-hybridized carbons (Fsp3) is 0.300. The zero-order chi connectivity index (χ0) is 19.7. The highest BCUT2D eigenvalue weighted by atomic mass is 16.2.